The highest BCUT2D eigenvalue weighted by Crippen LogP contribution is 2.36. The number of nitrogens with two attached hydrogens (primary N) is 1. The summed E-state index contributed by atoms with van der Waals surface area (Å²) in [6.07, 6.45) is 7.89. The fraction of sp³-hybridized carbons (Fsp3) is 0.600. The molecule has 1 heterocycles. The van der Waals surface area contributed by atoms with Gasteiger partial charge in [-0.3, -0.25) is 0 Å². The summed E-state index contributed by atoms with van der Waals surface area (Å²) in [4.78, 5) is 0. The van der Waals surface area contributed by atoms with Crippen LogP contribution in [-0.4, -0.2) is 12.2 Å². The van der Waals surface area contributed by atoms with E-state index in [1.807, 2.05) is 6.08 Å². The summed E-state index contributed by atoms with van der Waals surface area (Å²) < 4.78 is 5.30. The summed E-state index contributed by atoms with van der Waals surface area (Å²) in [6, 6.07) is 0. The first-order valence-electron chi connectivity index (χ1n) is 4.14. The van der Waals surface area contributed by atoms with E-state index in [1.54, 1.807) is 0 Å². The van der Waals surface area contributed by atoms with Gasteiger partial charge in [0.2, 0.25) is 0 Å². The molecule has 12 heavy (non-hydrogen) atoms. The van der Waals surface area contributed by atoms with E-state index >= 15 is 0 Å². The van der Waals surface area contributed by atoms with Gasteiger partial charge in [0.15, 0.2) is 0 Å². The highest BCUT2D eigenvalue weighted by molar-refractivity contribution is 5.21. The predicted molar refractivity (Wildman–Crippen MR) is 49.2 cm³/mol. The molecule has 0 aromatic rings. The molecule has 2 atom stereocenters. The first kappa shape index (κ1) is 9.15. The molecule has 0 spiro atoms. The topological polar surface area (TPSA) is 38.5 Å². The molecule has 1 aliphatic heterocycles. The minimum Gasteiger partial charge on any atom is -0.392 e. The van der Waals surface area contributed by atoms with E-state index < -0.39 is 0 Å². The lowest BCUT2D eigenvalue weighted by atomic mass is 9.93. The van der Waals surface area contributed by atoms with Crippen LogP contribution in [0.1, 0.15) is 20.3 Å². The van der Waals surface area contributed by atoms with Gasteiger partial charge in [0.25, 0.3) is 0 Å². The van der Waals surface area contributed by atoms with Gasteiger partial charge in [0.05, 0.1) is 17.9 Å². The zero-order valence-electron chi connectivity index (χ0n) is 7.63. The van der Waals surface area contributed by atoms with Crippen LogP contribution in [0.2, 0.25) is 0 Å². The van der Waals surface area contributed by atoms with Crippen molar-refractivity contribution in [1.82, 2.24) is 0 Å². The second-order valence-corrected chi connectivity index (χ2v) is 3.54. The Labute approximate surface area is 73.8 Å². The van der Waals surface area contributed by atoms with Crippen molar-refractivity contribution < 1.29 is 4.74 Å². The van der Waals surface area contributed by atoms with Gasteiger partial charge in [-0.25, -0.2) is 0 Å². The van der Waals surface area contributed by atoms with Gasteiger partial charge in [-0.05, 0) is 19.3 Å². The van der Waals surface area contributed by atoms with Gasteiger partial charge in [-0.2, -0.15) is 0 Å². The highest BCUT2D eigenvalue weighted by Gasteiger charge is 2.43. The maximum absolute atomic E-state index is 5.47. The lowest BCUT2D eigenvalue weighted by Gasteiger charge is -2.12. The summed E-state index contributed by atoms with van der Waals surface area (Å²) in [5, 5.41) is 0. The van der Waals surface area contributed by atoms with Crippen molar-refractivity contribution >= 4 is 0 Å². The number of epoxide rings is 1. The van der Waals surface area contributed by atoms with Gasteiger partial charge in [-0.1, -0.05) is 18.9 Å². The summed E-state index contributed by atoms with van der Waals surface area (Å²) >= 11 is 0. The van der Waals surface area contributed by atoms with Crippen LogP contribution in [0.5, 0.6) is 0 Å². The van der Waals surface area contributed by atoms with Crippen LogP contribution >= 0.6 is 0 Å². The van der Waals surface area contributed by atoms with E-state index in [9.17, 15) is 0 Å². The smallest absolute Gasteiger partial charge is 0.0916 e. The van der Waals surface area contributed by atoms with Crippen molar-refractivity contribution in [2.24, 2.45) is 11.7 Å². The van der Waals surface area contributed by atoms with Gasteiger partial charge in [-0.15, -0.1) is 6.42 Å². The molecular formula is C10H15NO. The van der Waals surface area contributed by atoms with Crippen molar-refractivity contribution in [1.29, 1.82) is 0 Å². The summed E-state index contributed by atoms with van der Waals surface area (Å²) in [5.41, 5.74) is 6.06. The third-order valence-corrected chi connectivity index (χ3v) is 2.50. The normalized spacial score (nSPS) is 30.9. The minimum atomic E-state index is 0.0748. The Balaban J connectivity index is 2.38. The van der Waals surface area contributed by atoms with Crippen molar-refractivity contribution in [2.75, 3.05) is 6.61 Å². The number of terminal acetylenes is 1. The van der Waals surface area contributed by atoms with Crippen LogP contribution in [0.3, 0.4) is 0 Å². The van der Waals surface area contributed by atoms with Gasteiger partial charge >= 0.3 is 0 Å². The molecule has 0 radical (unpaired) electrons. The highest BCUT2D eigenvalue weighted by atomic mass is 16.6. The molecule has 2 heteroatoms. The largest absolute Gasteiger partial charge is 0.392 e. The SMILES string of the molecule is C#C/C(N)=C\CC(C)C1(C)CO1. The van der Waals surface area contributed by atoms with E-state index in [0.29, 0.717) is 11.6 Å². The van der Waals surface area contributed by atoms with Crippen LogP contribution < -0.4 is 5.73 Å². The van der Waals surface area contributed by atoms with Crippen LogP contribution in [0, 0.1) is 18.3 Å². The van der Waals surface area contributed by atoms with Gasteiger partial charge in [0.1, 0.15) is 0 Å². The van der Waals surface area contributed by atoms with Crippen LogP contribution in [0.4, 0.5) is 0 Å². The predicted octanol–water partition coefficient (Wildman–Crippen LogP) is 1.28. The standard InChI is InChI=1S/C10H15NO/c1-4-9(11)6-5-8(2)10(3)7-12-10/h1,6,8H,5,7,11H2,2-3H3/b9-6+. The Morgan fingerprint density at radius 2 is 2.50 bits per heavy atom. The zero-order valence-corrected chi connectivity index (χ0v) is 7.63. The number of hydrogen-bond donors (Lipinski definition) is 1. The zero-order chi connectivity index (χ0) is 9.19. The van der Waals surface area contributed by atoms with Crippen LogP contribution in [0.15, 0.2) is 11.8 Å². The Bertz CT molecular complexity index is 233. The second-order valence-electron chi connectivity index (χ2n) is 3.54. The van der Waals surface area contributed by atoms with Gasteiger partial charge in [0, 0.05) is 0 Å². The van der Waals surface area contributed by atoms with Crippen molar-refractivity contribution in [3.05, 3.63) is 11.8 Å². The molecule has 1 fully saturated rings. The number of allylic oxidation sites excluding steroid dienone is 2. The van der Waals surface area contributed by atoms with Gasteiger partial charge < -0.3 is 10.5 Å². The van der Waals surface area contributed by atoms with E-state index in [2.05, 4.69) is 19.8 Å². The lowest BCUT2D eigenvalue weighted by Crippen LogP contribution is -2.16. The number of hydrogen-bond acceptors (Lipinski definition) is 2. The van der Waals surface area contributed by atoms with Crippen molar-refractivity contribution in [3.63, 3.8) is 0 Å². The van der Waals surface area contributed by atoms with Crippen molar-refractivity contribution in [3.8, 4) is 12.3 Å². The molecule has 0 bridgehead atoms. The molecule has 0 saturated carbocycles. The maximum atomic E-state index is 5.47. The Morgan fingerprint density at radius 3 is 2.92 bits per heavy atom. The lowest BCUT2D eigenvalue weighted by molar-refractivity contribution is 0.248. The molecule has 0 aliphatic carbocycles. The van der Waals surface area contributed by atoms with Crippen LogP contribution in [-0.2, 0) is 4.74 Å². The van der Waals surface area contributed by atoms with E-state index in [0.717, 1.165) is 13.0 Å². The molecule has 0 aromatic heterocycles. The molecule has 1 saturated heterocycles. The van der Waals surface area contributed by atoms with E-state index in [4.69, 9.17) is 16.9 Å². The average molecular weight is 165 g/mol. The van der Waals surface area contributed by atoms with Crippen LogP contribution in [0.25, 0.3) is 0 Å². The molecule has 2 N–H and O–H groups in total. The minimum absolute atomic E-state index is 0.0748. The molecule has 66 valence electrons. The second kappa shape index (κ2) is 3.20. The molecule has 0 aromatic carbocycles. The fourth-order valence-electron chi connectivity index (χ4n) is 1.01. The molecule has 1 aliphatic rings. The molecular weight excluding hydrogens is 150 g/mol. The fourth-order valence-corrected chi connectivity index (χ4v) is 1.01. The number of rotatable bonds is 3. The average Bonchev–Trinajstić information content (AvgIpc) is 2.80. The molecule has 0 amide bonds. The third kappa shape index (κ3) is 2.02. The summed E-state index contributed by atoms with van der Waals surface area (Å²) in [5.74, 6) is 2.88. The van der Waals surface area contributed by atoms with E-state index in [1.165, 1.54) is 0 Å². The first-order valence-corrected chi connectivity index (χ1v) is 4.14. The first-order chi connectivity index (χ1) is 5.58. The third-order valence-electron chi connectivity index (χ3n) is 2.50. The van der Waals surface area contributed by atoms with Crippen molar-refractivity contribution in [2.45, 2.75) is 25.9 Å². The number of ether oxygens (including phenoxy) is 1. The Kier molecular flexibility index (Phi) is 2.44. The molecule has 2 unspecified atom stereocenters. The van der Waals surface area contributed by atoms with E-state index in [-0.39, 0.29) is 5.60 Å². The molecule has 1 rings (SSSR count). The summed E-state index contributed by atoms with van der Waals surface area (Å²) in [7, 11) is 0. The maximum Gasteiger partial charge on any atom is 0.0916 e. The quantitative estimate of drug-likeness (QED) is 0.505. The Hall–Kier alpha value is -0.940. The Morgan fingerprint density at radius 1 is 1.92 bits per heavy atom. The monoisotopic (exact) mass is 165 g/mol. The molecule has 2 nitrogen and oxygen atoms in total. The summed E-state index contributed by atoms with van der Waals surface area (Å²) in [6.45, 7) is 5.11.